The number of nitro benzene ring substituents is 1. The number of rotatable bonds is 7. The van der Waals surface area contributed by atoms with Crippen LogP contribution in [0.3, 0.4) is 0 Å². The van der Waals surface area contributed by atoms with Gasteiger partial charge < -0.3 is 14.2 Å². The molecule has 0 aliphatic rings. The van der Waals surface area contributed by atoms with E-state index in [1.807, 2.05) is 0 Å². The molecule has 0 fully saturated rings. The maximum Gasteiger partial charge on any atom is 0.269 e. The Morgan fingerprint density at radius 3 is 2.33 bits per heavy atom. The van der Waals surface area contributed by atoms with Gasteiger partial charge in [0.2, 0.25) is 5.75 Å². The average molecular weight is 396 g/mol. The number of hydrogen-bond acceptors (Lipinski definition) is 6. The number of aldehydes is 1. The highest BCUT2D eigenvalue weighted by Gasteiger charge is 2.19. The standard InChI is InChI=1S/C16H14BrNO6/c1-22-13-7-11(8-19)14(17)16(15(13)23-2)24-9-10-3-5-12(6-4-10)18(20)21/h3-8H,9H2,1-2H3. The van der Waals surface area contributed by atoms with Gasteiger partial charge in [0.25, 0.3) is 5.69 Å². The van der Waals surface area contributed by atoms with Crippen LogP contribution in [0.25, 0.3) is 0 Å². The van der Waals surface area contributed by atoms with Crippen LogP contribution < -0.4 is 14.2 Å². The first kappa shape index (κ1) is 17.7. The molecule has 2 aromatic carbocycles. The van der Waals surface area contributed by atoms with Crippen LogP contribution >= 0.6 is 15.9 Å². The predicted octanol–water partition coefficient (Wildman–Crippen LogP) is 3.77. The van der Waals surface area contributed by atoms with Crippen molar-refractivity contribution < 1.29 is 23.9 Å². The van der Waals surface area contributed by atoms with Gasteiger partial charge in [0, 0.05) is 17.7 Å². The maximum atomic E-state index is 11.2. The zero-order valence-corrected chi connectivity index (χ0v) is 14.5. The number of methoxy groups -OCH3 is 2. The fourth-order valence-corrected chi connectivity index (χ4v) is 2.54. The number of non-ortho nitro benzene ring substituents is 1. The van der Waals surface area contributed by atoms with E-state index in [1.165, 1.54) is 32.4 Å². The second-order valence-electron chi connectivity index (χ2n) is 4.67. The Bertz CT molecular complexity index is 760. The summed E-state index contributed by atoms with van der Waals surface area (Å²) in [5.41, 5.74) is 1.08. The van der Waals surface area contributed by atoms with Gasteiger partial charge in [0.05, 0.1) is 23.6 Å². The van der Waals surface area contributed by atoms with Crippen LogP contribution in [0.2, 0.25) is 0 Å². The summed E-state index contributed by atoms with van der Waals surface area (Å²) in [5, 5.41) is 10.7. The molecule has 2 rings (SSSR count). The van der Waals surface area contributed by atoms with Gasteiger partial charge in [-0.3, -0.25) is 14.9 Å². The highest BCUT2D eigenvalue weighted by Crippen LogP contribution is 2.44. The first-order valence-electron chi connectivity index (χ1n) is 6.77. The minimum Gasteiger partial charge on any atom is -0.493 e. The second-order valence-corrected chi connectivity index (χ2v) is 5.47. The summed E-state index contributed by atoms with van der Waals surface area (Å²) in [6.07, 6.45) is 0.671. The highest BCUT2D eigenvalue weighted by molar-refractivity contribution is 9.10. The van der Waals surface area contributed by atoms with Gasteiger partial charge in [-0.1, -0.05) is 0 Å². The fraction of sp³-hybridized carbons (Fsp3) is 0.188. The van der Waals surface area contributed by atoms with Gasteiger partial charge in [-0.25, -0.2) is 0 Å². The van der Waals surface area contributed by atoms with Crippen LogP contribution in [-0.2, 0) is 6.61 Å². The summed E-state index contributed by atoms with van der Waals surface area (Å²) in [6, 6.07) is 7.52. The van der Waals surface area contributed by atoms with Gasteiger partial charge >= 0.3 is 0 Å². The van der Waals surface area contributed by atoms with E-state index in [2.05, 4.69) is 15.9 Å². The molecule has 0 amide bonds. The average Bonchev–Trinajstić information content (AvgIpc) is 2.60. The molecule has 0 radical (unpaired) electrons. The molecule has 0 aliphatic carbocycles. The molecule has 0 bridgehead atoms. The lowest BCUT2D eigenvalue weighted by molar-refractivity contribution is -0.384. The van der Waals surface area contributed by atoms with Crippen molar-refractivity contribution in [3.05, 3.63) is 56.0 Å². The number of halogens is 1. The third-order valence-electron chi connectivity index (χ3n) is 3.25. The molecule has 8 heteroatoms. The largest absolute Gasteiger partial charge is 0.493 e. The van der Waals surface area contributed by atoms with E-state index in [4.69, 9.17) is 14.2 Å². The van der Waals surface area contributed by atoms with Crippen molar-refractivity contribution in [1.29, 1.82) is 0 Å². The van der Waals surface area contributed by atoms with Crippen LogP contribution in [0.4, 0.5) is 5.69 Å². The molecule has 0 N–H and O–H groups in total. The lowest BCUT2D eigenvalue weighted by Crippen LogP contribution is -2.02. The van der Waals surface area contributed by atoms with Gasteiger partial charge in [-0.2, -0.15) is 0 Å². The van der Waals surface area contributed by atoms with E-state index in [9.17, 15) is 14.9 Å². The van der Waals surface area contributed by atoms with Crippen molar-refractivity contribution in [2.45, 2.75) is 6.61 Å². The van der Waals surface area contributed by atoms with Crippen molar-refractivity contribution in [3.8, 4) is 17.2 Å². The molecule has 0 saturated heterocycles. The monoisotopic (exact) mass is 395 g/mol. The molecule has 0 aromatic heterocycles. The van der Waals surface area contributed by atoms with Crippen LogP contribution in [0.5, 0.6) is 17.2 Å². The van der Waals surface area contributed by atoms with Crippen molar-refractivity contribution in [3.63, 3.8) is 0 Å². The van der Waals surface area contributed by atoms with Crippen LogP contribution in [0.1, 0.15) is 15.9 Å². The van der Waals surface area contributed by atoms with E-state index in [0.717, 1.165) is 5.56 Å². The first-order valence-corrected chi connectivity index (χ1v) is 7.56. The van der Waals surface area contributed by atoms with Crippen molar-refractivity contribution >= 4 is 27.9 Å². The number of benzene rings is 2. The predicted molar refractivity (Wildman–Crippen MR) is 90.1 cm³/mol. The SMILES string of the molecule is COc1cc(C=O)c(Br)c(OCc2ccc([N+](=O)[O-])cc2)c1OC. The Balaban J connectivity index is 2.31. The van der Waals surface area contributed by atoms with Crippen LogP contribution in [-0.4, -0.2) is 25.4 Å². The number of carbonyl (C=O) groups is 1. The third kappa shape index (κ3) is 3.65. The Hall–Kier alpha value is -2.61. The molecule has 0 saturated carbocycles. The molecule has 2 aromatic rings. The lowest BCUT2D eigenvalue weighted by atomic mass is 10.2. The minimum absolute atomic E-state index is 0.00197. The zero-order valence-electron chi connectivity index (χ0n) is 12.9. The molecule has 0 atom stereocenters. The topological polar surface area (TPSA) is 87.9 Å². The summed E-state index contributed by atoms with van der Waals surface area (Å²) in [7, 11) is 2.92. The van der Waals surface area contributed by atoms with E-state index in [1.54, 1.807) is 12.1 Å². The summed E-state index contributed by atoms with van der Waals surface area (Å²) in [4.78, 5) is 21.4. The Labute approximate surface area is 146 Å². The number of carbonyl (C=O) groups excluding carboxylic acids is 1. The molecule has 24 heavy (non-hydrogen) atoms. The molecule has 126 valence electrons. The molecule has 7 nitrogen and oxygen atoms in total. The molecule has 0 unspecified atom stereocenters. The van der Waals surface area contributed by atoms with Crippen molar-refractivity contribution in [2.75, 3.05) is 14.2 Å². The van der Waals surface area contributed by atoms with Gasteiger partial charge in [0.15, 0.2) is 17.8 Å². The molecule has 0 heterocycles. The molecule has 0 aliphatic heterocycles. The smallest absolute Gasteiger partial charge is 0.269 e. The first-order chi connectivity index (χ1) is 11.5. The van der Waals surface area contributed by atoms with E-state index in [-0.39, 0.29) is 12.3 Å². The summed E-state index contributed by atoms with van der Waals surface area (Å²) >= 11 is 3.32. The lowest BCUT2D eigenvalue weighted by Gasteiger charge is -2.16. The van der Waals surface area contributed by atoms with Crippen molar-refractivity contribution in [2.24, 2.45) is 0 Å². The molecular formula is C16H14BrNO6. The summed E-state index contributed by atoms with van der Waals surface area (Å²) in [6.45, 7) is 0.137. The maximum absolute atomic E-state index is 11.2. The highest BCUT2D eigenvalue weighted by atomic mass is 79.9. The number of nitrogens with zero attached hydrogens (tertiary/aromatic N) is 1. The normalized spacial score (nSPS) is 10.1. The Kier molecular flexibility index (Phi) is 5.75. The van der Waals surface area contributed by atoms with E-state index >= 15 is 0 Å². The van der Waals surface area contributed by atoms with E-state index < -0.39 is 4.92 Å². The van der Waals surface area contributed by atoms with Crippen LogP contribution in [0, 0.1) is 10.1 Å². The Morgan fingerprint density at radius 1 is 1.17 bits per heavy atom. The second kappa shape index (κ2) is 7.78. The summed E-state index contributed by atoms with van der Waals surface area (Å²) < 4.78 is 16.7. The number of nitro groups is 1. The third-order valence-corrected chi connectivity index (χ3v) is 4.07. The van der Waals surface area contributed by atoms with Crippen molar-refractivity contribution in [1.82, 2.24) is 0 Å². The fourth-order valence-electron chi connectivity index (χ4n) is 2.04. The van der Waals surface area contributed by atoms with E-state index in [0.29, 0.717) is 33.6 Å². The Morgan fingerprint density at radius 2 is 1.83 bits per heavy atom. The molecular weight excluding hydrogens is 382 g/mol. The quantitative estimate of drug-likeness (QED) is 0.402. The van der Waals surface area contributed by atoms with Gasteiger partial charge in [-0.05, 0) is 39.7 Å². The van der Waals surface area contributed by atoms with Crippen LogP contribution in [0.15, 0.2) is 34.8 Å². The minimum atomic E-state index is -0.470. The summed E-state index contributed by atoms with van der Waals surface area (Å²) in [5.74, 6) is 1.02. The molecule has 0 spiro atoms. The number of hydrogen-bond donors (Lipinski definition) is 0. The number of ether oxygens (including phenoxy) is 3. The van der Waals surface area contributed by atoms with Gasteiger partial charge in [0.1, 0.15) is 6.61 Å². The zero-order chi connectivity index (χ0) is 17.7. The van der Waals surface area contributed by atoms with Gasteiger partial charge in [-0.15, -0.1) is 0 Å².